The molecule has 0 rings (SSSR count). The van der Waals surface area contributed by atoms with Crippen LogP contribution in [0.3, 0.4) is 0 Å². The number of hydrogen-bond donors (Lipinski definition) is 0. The fourth-order valence-electron chi connectivity index (χ4n) is 2.80. The van der Waals surface area contributed by atoms with Gasteiger partial charge in [0.25, 0.3) is 0 Å². The van der Waals surface area contributed by atoms with Gasteiger partial charge in [-0.2, -0.15) is 0 Å². The first-order chi connectivity index (χ1) is 9.77. The van der Waals surface area contributed by atoms with Gasteiger partial charge in [0.1, 0.15) is 0 Å². The summed E-state index contributed by atoms with van der Waals surface area (Å²) in [5.41, 5.74) is 0. The van der Waals surface area contributed by atoms with Crippen molar-refractivity contribution in [3.63, 3.8) is 0 Å². The molecule has 122 valence electrons. The van der Waals surface area contributed by atoms with Crippen LogP contribution in [0.2, 0.25) is 6.04 Å². The van der Waals surface area contributed by atoms with Crippen LogP contribution >= 0.6 is 0 Å². The molecule has 0 aromatic carbocycles. The van der Waals surface area contributed by atoms with E-state index in [1.54, 1.807) is 0 Å². The van der Waals surface area contributed by atoms with E-state index in [2.05, 4.69) is 25.6 Å². The van der Waals surface area contributed by atoms with Crippen LogP contribution < -0.4 is 0 Å². The Bertz CT molecular complexity index is 171. The van der Waals surface area contributed by atoms with Gasteiger partial charge in [-0.1, -0.05) is 96.8 Å². The topological polar surface area (TPSA) is 3.24 Å². The monoisotopic (exact) mass is 299 g/mol. The van der Waals surface area contributed by atoms with E-state index in [9.17, 15) is 0 Å². The van der Waals surface area contributed by atoms with Crippen molar-refractivity contribution >= 4 is 9.68 Å². The molecule has 0 radical (unpaired) electrons. The van der Waals surface area contributed by atoms with Crippen LogP contribution in [0.1, 0.15) is 96.8 Å². The second-order valence-corrected chi connectivity index (χ2v) is 9.17. The maximum atomic E-state index is 2.43. The third-order valence-electron chi connectivity index (χ3n) is 4.21. The lowest BCUT2D eigenvalue weighted by molar-refractivity contribution is 0.537. The van der Waals surface area contributed by atoms with Crippen molar-refractivity contribution in [1.29, 1.82) is 0 Å². The molecule has 0 spiro atoms. The predicted molar refractivity (Wildman–Crippen MR) is 97.4 cm³/mol. The van der Waals surface area contributed by atoms with Gasteiger partial charge in [0.05, 0.1) is 9.68 Å². The van der Waals surface area contributed by atoms with Gasteiger partial charge in [-0.05, 0) is 20.1 Å². The van der Waals surface area contributed by atoms with Gasteiger partial charge in [0, 0.05) is 0 Å². The molecule has 0 aliphatic rings. The minimum atomic E-state index is 0.118. The van der Waals surface area contributed by atoms with Gasteiger partial charge in [-0.3, -0.25) is 0 Å². The Labute approximate surface area is 131 Å². The zero-order valence-electron chi connectivity index (χ0n) is 14.8. The maximum absolute atomic E-state index is 2.43. The van der Waals surface area contributed by atoms with E-state index in [1.807, 2.05) is 0 Å². The van der Waals surface area contributed by atoms with Crippen molar-refractivity contribution in [3.8, 4) is 0 Å². The van der Waals surface area contributed by atoms with Gasteiger partial charge in [-0.25, -0.2) is 0 Å². The summed E-state index contributed by atoms with van der Waals surface area (Å²) in [5, 5.41) is 0. The van der Waals surface area contributed by atoms with Crippen molar-refractivity contribution in [2.45, 2.75) is 103 Å². The fourth-order valence-corrected chi connectivity index (χ4v) is 4.01. The Morgan fingerprint density at radius 2 is 0.900 bits per heavy atom. The molecule has 0 bridgehead atoms. The Hall–Kier alpha value is 0.177. The number of hydrogen-bond acceptors (Lipinski definition) is 1. The first-order valence-electron chi connectivity index (χ1n) is 9.42. The third kappa shape index (κ3) is 18.2. The van der Waals surface area contributed by atoms with Crippen LogP contribution in [0.25, 0.3) is 0 Å². The van der Waals surface area contributed by atoms with E-state index >= 15 is 0 Å². The van der Waals surface area contributed by atoms with E-state index in [0.717, 1.165) is 0 Å². The molecule has 0 N–H and O–H groups in total. The minimum absolute atomic E-state index is 0.118. The van der Waals surface area contributed by atoms with Crippen molar-refractivity contribution < 1.29 is 0 Å². The summed E-state index contributed by atoms with van der Waals surface area (Å²) in [6, 6.07) is 1.52. The van der Waals surface area contributed by atoms with Crippen LogP contribution in [0.4, 0.5) is 0 Å². The van der Waals surface area contributed by atoms with Crippen LogP contribution in [-0.4, -0.2) is 28.3 Å². The smallest absolute Gasteiger partial charge is 0.0943 e. The van der Waals surface area contributed by atoms with Crippen molar-refractivity contribution in [2.24, 2.45) is 0 Å². The van der Waals surface area contributed by atoms with E-state index in [1.165, 1.54) is 95.9 Å². The summed E-state index contributed by atoms with van der Waals surface area (Å²) in [7, 11) is 4.58. The molecule has 0 aromatic heterocycles. The molecule has 0 aliphatic heterocycles. The molecule has 0 aromatic rings. The molecule has 0 saturated carbocycles. The standard InChI is InChI=1S/C18H41NSi/c1-4-5-6-7-8-9-10-11-12-13-14-15-16-17-18-20-19(2)3/h4-18,20H2,1-3H3. The summed E-state index contributed by atoms with van der Waals surface area (Å²) >= 11 is 0. The molecular weight excluding hydrogens is 258 g/mol. The maximum Gasteiger partial charge on any atom is 0.0943 e. The van der Waals surface area contributed by atoms with Crippen LogP contribution in [0.5, 0.6) is 0 Å². The molecule has 2 heteroatoms. The molecule has 0 amide bonds. The van der Waals surface area contributed by atoms with Crippen molar-refractivity contribution in [1.82, 2.24) is 4.57 Å². The second kappa shape index (κ2) is 17.2. The molecule has 0 aliphatic carbocycles. The zero-order valence-corrected chi connectivity index (χ0v) is 16.2. The summed E-state index contributed by atoms with van der Waals surface area (Å²) in [5.74, 6) is 0. The van der Waals surface area contributed by atoms with E-state index < -0.39 is 0 Å². The molecule has 1 nitrogen and oxygen atoms in total. The lowest BCUT2D eigenvalue weighted by Gasteiger charge is -2.07. The minimum Gasteiger partial charge on any atom is -0.334 e. The Balaban J connectivity index is 2.92. The largest absolute Gasteiger partial charge is 0.334 e. The second-order valence-electron chi connectivity index (χ2n) is 6.75. The average Bonchev–Trinajstić information content (AvgIpc) is 2.43. The summed E-state index contributed by atoms with van der Waals surface area (Å²) in [6.07, 6.45) is 20.6. The highest BCUT2D eigenvalue weighted by Gasteiger charge is 1.95. The van der Waals surface area contributed by atoms with Crippen molar-refractivity contribution in [3.05, 3.63) is 0 Å². The van der Waals surface area contributed by atoms with Gasteiger partial charge < -0.3 is 4.57 Å². The van der Waals surface area contributed by atoms with Crippen LogP contribution in [0.15, 0.2) is 0 Å². The summed E-state index contributed by atoms with van der Waals surface area (Å²) in [6.45, 7) is 2.30. The van der Waals surface area contributed by atoms with E-state index in [-0.39, 0.29) is 9.68 Å². The van der Waals surface area contributed by atoms with Gasteiger partial charge in [0.2, 0.25) is 0 Å². The number of nitrogens with zero attached hydrogens (tertiary/aromatic N) is 1. The highest BCUT2D eigenvalue weighted by atomic mass is 28.2. The Kier molecular flexibility index (Phi) is 17.4. The SMILES string of the molecule is CCCCCCCCCCCCCCCC[SiH2]N(C)C. The molecule has 20 heavy (non-hydrogen) atoms. The van der Waals surface area contributed by atoms with E-state index in [4.69, 9.17) is 0 Å². The lowest BCUT2D eigenvalue weighted by atomic mass is 10.0. The highest BCUT2D eigenvalue weighted by Crippen LogP contribution is 2.13. The predicted octanol–water partition coefficient (Wildman–Crippen LogP) is 5.53. The third-order valence-corrected chi connectivity index (χ3v) is 5.92. The quantitative estimate of drug-likeness (QED) is 0.267. The highest BCUT2D eigenvalue weighted by molar-refractivity contribution is 6.31. The van der Waals surface area contributed by atoms with Gasteiger partial charge >= 0.3 is 0 Å². The molecule has 0 atom stereocenters. The van der Waals surface area contributed by atoms with Crippen molar-refractivity contribution in [2.75, 3.05) is 14.1 Å². The lowest BCUT2D eigenvalue weighted by Crippen LogP contribution is -2.16. The molecule has 0 unspecified atom stereocenters. The van der Waals surface area contributed by atoms with Crippen LogP contribution in [0, 0.1) is 0 Å². The molecule has 0 fully saturated rings. The van der Waals surface area contributed by atoms with Gasteiger partial charge in [-0.15, -0.1) is 0 Å². The molecular formula is C18H41NSi. The van der Waals surface area contributed by atoms with Gasteiger partial charge in [0.15, 0.2) is 0 Å². The number of rotatable bonds is 16. The summed E-state index contributed by atoms with van der Waals surface area (Å²) < 4.78 is 2.43. The Morgan fingerprint density at radius 3 is 1.25 bits per heavy atom. The number of unbranched alkanes of at least 4 members (excludes halogenated alkanes) is 13. The Morgan fingerprint density at radius 1 is 0.550 bits per heavy atom. The summed E-state index contributed by atoms with van der Waals surface area (Å²) in [4.78, 5) is 0. The zero-order chi connectivity index (χ0) is 14.9. The fraction of sp³-hybridized carbons (Fsp3) is 1.00. The molecule has 0 heterocycles. The van der Waals surface area contributed by atoms with E-state index in [0.29, 0.717) is 0 Å². The van der Waals surface area contributed by atoms with Crippen LogP contribution in [-0.2, 0) is 0 Å². The normalized spacial score (nSPS) is 12.0. The molecule has 0 saturated heterocycles. The first-order valence-corrected chi connectivity index (χ1v) is 11.1. The first kappa shape index (κ1) is 20.2. The average molecular weight is 300 g/mol.